The number of aromatic nitrogens is 5. The van der Waals surface area contributed by atoms with Crippen molar-refractivity contribution in [3.63, 3.8) is 0 Å². The van der Waals surface area contributed by atoms with Gasteiger partial charge in [-0.1, -0.05) is 24.3 Å². The Kier molecular flexibility index (Phi) is 5.30. The number of pyridine rings is 1. The molecule has 35 heavy (non-hydrogen) atoms. The third-order valence-electron chi connectivity index (χ3n) is 5.85. The molecule has 0 unspecified atom stereocenters. The summed E-state index contributed by atoms with van der Waals surface area (Å²) in [7, 11) is 0. The van der Waals surface area contributed by atoms with E-state index in [1.807, 2.05) is 62.4 Å². The summed E-state index contributed by atoms with van der Waals surface area (Å²) in [6, 6.07) is 17.9. The number of fused-ring (bicyclic) bond motifs is 5. The summed E-state index contributed by atoms with van der Waals surface area (Å²) in [5, 5.41) is 5.77. The van der Waals surface area contributed by atoms with Gasteiger partial charge in [-0.25, -0.2) is 19.5 Å². The molecule has 0 spiro atoms. The van der Waals surface area contributed by atoms with Crippen molar-refractivity contribution in [2.45, 2.75) is 27.4 Å². The molecule has 8 heteroatoms. The zero-order valence-corrected chi connectivity index (χ0v) is 20.5. The highest BCUT2D eigenvalue weighted by molar-refractivity contribution is 7.26. The Morgan fingerprint density at radius 1 is 0.914 bits per heavy atom. The van der Waals surface area contributed by atoms with Gasteiger partial charge in [-0.15, -0.1) is 16.4 Å². The summed E-state index contributed by atoms with van der Waals surface area (Å²) in [4.78, 5) is 15.2. The maximum Gasteiger partial charge on any atom is 0.182 e. The molecule has 0 amide bonds. The Labute approximate surface area is 206 Å². The van der Waals surface area contributed by atoms with Crippen LogP contribution in [0.15, 0.2) is 60.9 Å². The van der Waals surface area contributed by atoms with Crippen LogP contribution < -0.4 is 9.47 Å². The Morgan fingerprint density at radius 3 is 2.40 bits per heavy atom. The first-order valence-corrected chi connectivity index (χ1v) is 12.3. The monoisotopic (exact) mass is 481 g/mol. The van der Waals surface area contributed by atoms with Crippen LogP contribution in [0.4, 0.5) is 0 Å². The van der Waals surface area contributed by atoms with Crippen LogP contribution in [0, 0.1) is 13.8 Å². The number of rotatable bonds is 6. The second-order valence-corrected chi connectivity index (χ2v) is 9.38. The van der Waals surface area contributed by atoms with E-state index in [0.29, 0.717) is 19.0 Å². The molecule has 174 valence electrons. The van der Waals surface area contributed by atoms with Gasteiger partial charge < -0.3 is 9.47 Å². The summed E-state index contributed by atoms with van der Waals surface area (Å²) in [5.41, 5.74) is 5.93. The molecule has 0 saturated heterocycles. The van der Waals surface area contributed by atoms with Crippen molar-refractivity contribution in [1.82, 2.24) is 24.6 Å². The van der Waals surface area contributed by atoms with E-state index in [-0.39, 0.29) is 0 Å². The van der Waals surface area contributed by atoms with E-state index in [0.717, 1.165) is 54.4 Å². The third-order valence-corrected chi connectivity index (χ3v) is 6.91. The number of aryl methyl sites for hydroxylation is 2. The zero-order valence-electron chi connectivity index (χ0n) is 19.6. The molecule has 0 bridgehead atoms. The van der Waals surface area contributed by atoms with Crippen molar-refractivity contribution in [2.24, 2.45) is 0 Å². The molecule has 6 aromatic rings. The van der Waals surface area contributed by atoms with E-state index in [1.165, 1.54) is 5.56 Å². The van der Waals surface area contributed by atoms with Gasteiger partial charge in [0.05, 0.1) is 12.1 Å². The number of hydrogen-bond acceptors (Lipinski definition) is 7. The first-order chi connectivity index (χ1) is 17.1. The SMILES string of the molecule is CCOc1ccc(OCc2ccc(-c3nc4c5sc6nc(C)cc(C)c6c5ncn4n3)cc2)cc1. The van der Waals surface area contributed by atoms with Gasteiger partial charge >= 0.3 is 0 Å². The Bertz CT molecular complexity index is 1670. The Balaban J connectivity index is 1.26. The fraction of sp³-hybridized carbons (Fsp3) is 0.185. The van der Waals surface area contributed by atoms with Gasteiger partial charge in [-0.3, -0.25) is 0 Å². The summed E-state index contributed by atoms with van der Waals surface area (Å²) < 4.78 is 14.1. The maximum atomic E-state index is 5.91. The summed E-state index contributed by atoms with van der Waals surface area (Å²) in [6.07, 6.45) is 1.73. The van der Waals surface area contributed by atoms with Crippen molar-refractivity contribution >= 4 is 37.4 Å². The number of hydrogen-bond donors (Lipinski definition) is 0. The first kappa shape index (κ1) is 21.5. The lowest BCUT2D eigenvalue weighted by Crippen LogP contribution is -1.96. The number of benzene rings is 2. The van der Waals surface area contributed by atoms with Crippen LogP contribution in [0.25, 0.3) is 37.5 Å². The van der Waals surface area contributed by atoms with E-state index in [2.05, 4.69) is 23.1 Å². The molecule has 7 nitrogen and oxygen atoms in total. The fourth-order valence-electron chi connectivity index (χ4n) is 4.21. The second-order valence-electron chi connectivity index (χ2n) is 8.38. The molecule has 4 heterocycles. The van der Waals surface area contributed by atoms with Gasteiger partial charge in [0.2, 0.25) is 0 Å². The van der Waals surface area contributed by atoms with Gasteiger partial charge in [0.15, 0.2) is 11.5 Å². The maximum absolute atomic E-state index is 5.91. The van der Waals surface area contributed by atoms with Gasteiger partial charge in [-0.05, 0) is 62.2 Å². The lowest BCUT2D eigenvalue weighted by Gasteiger charge is -2.08. The minimum absolute atomic E-state index is 0.477. The average molecular weight is 482 g/mol. The lowest BCUT2D eigenvalue weighted by atomic mass is 10.1. The topological polar surface area (TPSA) is 74.4 Å². The highest BCUT2D eigenvalue weighted by atomic mass is 32.1. The first-order valence-electron chi connectivity index (χ1n) is 11.5. The van der Waals surface area contributed by atoms with Crippen molar-refractivity contribution < 1.29 is 9.47 Å². The molecular weight excluding hydrogens is 458 g/mol. The minimum atomic E-state index is 0.477. The van der Waals surface area contributed by atoms with Crippen molar-refractivity contribution in [3.8, 4) is 22.9 Å². The van der Waals surface area contributed by atoms with E-state index in [9.17, 15) is 0 Å². The summed E-state index contributed by atoms with van der Waals surface area (Å²) >= 11 is 1.62. The minimum Gasteiger partial charge on any atom is -0.494 e. The van der Waals surface area contributed by atoms with Crippen molar-refractivity contribution in [3.05, 3.63) is 77.7 Å². The van der Waals surface area contributed by atoms with Crippen LogP contribution in [0.2, 0.25) is 0 Å². The molecule has 0 fully saturated rings. The number of thiophene rings is 1. The average Bonchev–Trinajstić information content (AvgIpc) is 3.45. The van der Waals surface area contributed by atoms with Gasteiger partial charge in [0.1, 0.15) is 34.0 Å². The second kappa shape index (κ2) is 8.63. The van der Waals surface area contributed by atoms with Crippen LogP contribution in [0.3, 0.4) is 0 Å². The largest absolute Gasteiger partial charge is 0.494 e. The van der Waals surface area contributed by atoms with E-state index < -0.39 is 0 Å². The van der Waals surface area contributed by atoms with Crippen molar-refractivity contribution in [1.29, 1.82) is 0 Å². The predicted octanol–water partition coefficient (Wildman–Crippen LogP) is 6.15. The Morgan fingerprint density at radius 2 is 1.66 bits per heavy atom. The molecule has 0 N–H and O–H groups in total. The molecule has 0 aliphatic heterocycles. The zero-order chi connectivity index (χ0) is 23.9. The van der Waals surface area contributed by atoms with E-state index >= 15 is 0 Å². The highest BCUT2D eigenvalue weighted by Crippen LogP contribution is 2.36. The van der Waals surface area contributed by atoms with E-state index in [4.69, 9.17) is 19.4 Å². The highest BCUT2D eigenvalue weighted by Gasteiger charge is 2.16. The van der Waals surface area contributed by atoms with Crippen LogP contribution in [0.5, 0.6) is 11.5 Å². The molecule has 2 aromatic carbocycles. The standard InChI is InChI=1S/C27H23N5O2S/c1-4-33-20-9-11-21(12-10-20)34-14-18-5-7-19(8-6-18)25-30-26-24-23(28-15-32(26)31-25)22-16(2)13-17(3)29-27(22)35-24/h5-13,15H,4,14H2,1-3H3. The molecule has 4 aromatic heterocycles. The molecule has 0 saturated carbocycles. The molecule has 0 aliphatic rings. The van der Waals surface area contributed by atoms with Crippen molar-refractivity contribution in [2.75, 3.05) is 6.61 Å². The van der Waals surface area contributed by atoms with Crippen LogP contribution in [-0.4, -0.2) is 31.2 Å². The Hall–Kier alpha value is -4.04. The van der Waals surface area contributed by atoms with Crippen LogP contribution in [0.1, 0.15) is 23.7 Å². The summed E-state index contributed by atoms with van der Waals surface area (Å²) in [5.74, 6) is 2.31. The van der Waals surface area contributed by atoms with Gasteiger partial charge in [-0.2, -0.15) is 0 Å². The molecule has 0 aliphatic carbocycles. The third kappa shape index (κ3) is 3.95. The molecule has 6 rings (SSSR count). The normalized spacial score (nSPS) is 11.5. The smallest absolute Gasteiger partial charge is 0.182 e. The fourth-order valence-corrected chi connectivity index (χ4v) is 5.43. The van der Waals surface area contributed by atoms with Crippen LogP contribution in [-0.2, 0) is 6.61 Å². The van der Waals surface area contributed by atoms with Gasteiger partial charge in [0.25, 0.3) is 0 Å². The molecular formula is C27H23N5O2S. The van der Waals surface area contributed by atoms with E-state index in [1.54, 1.807) is 22.2 Å². The van der Waals surface area contributed by atoms with Gasteiger partial charge in [0, 0.05) is 16.6 Å². The summed E-state index contributed by atoms with van der Waals surface area (Å²) in [6.45, 7) is 7.21. The molecule has 0 radical (unpaired) electrons. The predicted molar refractivity (Wildman–Crippen MR) is 138 cm³/mol. The quantitative estimate of drug-likeness (QED) is 0.284. The van der Waals surface area contributed by atoms with Crippen LogP contribution >= 0.6 is 11.3 Å². The molecule has 0 atom stereocenters. The number of ether oxygens (including phenoxy) is 2. The lowest BCUT2D eigenvalue weighted by molar-refractivity contribution is 0.304. The number of nitrogens with zero attached hydrogens (tertiary/aromatic N) is 5.